The lowest BCUT2D eigenvalue weighted by atomic mass is 10.1. The van der Waals surface area contributed by atoms with Gasteiger partial charge in [-0.2, -0.15) is 0 Å². The van der Waals surface area contributed by atoms with Crippen LogP contribution >= 0.6 is 15.9 Å². The second-order valence-electron chi connectivity index (χ2n) is 3.33. The van der Waals surface area contributed by atoms with Gasteiger partial charge in [-0.1, -0.05) is 34.1 Å². The van der Waals surface area contributed by atoms with Crippen LogP contribution in [0.15, 0.2) is 41.4 Å². The number of benzene rings is 1. The average Bonchev–Trinajstić information content (AvgIpc) is 2.18. The van der Waals surface area contributed by atoms with Gasteiger partial charge in [-0.15, -0.1) is 6.58 Å². The molecule has 0 aliphatic heterocycles. The van der Waals surface area contributed by atoms with E-state index in [-0.39, 0.29) is 11.9 Å². The molecular formula is C12H14BrNO. The largest absolute Gasteiger partial charge is 0.349 e. The van der Waals surface area contributed by atoms with Gasteiger partial charge in [-0.25, -0.2) is 0 Å². The fraction of sp³-hybridized carbons (Fsp3) is 0.250. The number of amides is 1. The molecule has 1 aromatic carbocycles. The topological polar surface area (TPSA) is 29.1 Å². The number of hydrogen-bond donors (Lipinski definition) is 1. The van der Waals surface area contributed by atoms with Gasteiger partial charge in [0.05, 0.1) is 6.04 Å². The van der Waals surface area contributed by atoms with Gasteiger partial charge < -0.3 is 5.32 Å². The number of hydrogen-bond acceptors (Lipinski definition) is 1. The first-order chi connectivity index (χ1) is 7.13. The van der Waals surface area contributed by atoms with Gasteiger partial charge in [0.15, 0.2) is 0 Å². The molecule has 1 N–H and O–H groups in total. The maximum atomic E-state index is 11.3. The second-order valence-corrected chi connectivity index (χ2v) is 4.25. The van der Waals surface area contributed by atoms with Crippen molar-refractivity contribution in [3.63, 3.8) is 0 Å². The lowest BCUT2D eigenvalue weighted by Gasteiger charge is -2.13. The van der Waals surface area contributed by atoms with Crippen molar-refractivity contribution in [2.75, 3.05) is 0 Å². The average molecular weight is 268 g/mol. The first-order valence-corrected chi connectivity index (χ1v) is 5.58. The lowest BCUT2D eigenvalue weighted by Crippen LogP contribution is -2.25. The fourth-order valence-corrected chi connectivity index (χ4v) is 1.53. The minimum absolute atomic E-state index is 0.000388. The third-order valence-corrected chi connectivity index (χ3v) is 2.61. The van der Waals surface area contributed by atoms with E-state index < -0.39 is 0 Å². The molecule has 0 bridgehead atoms. The zero-order valence-electron chi connectivity index (χ0n) is 8.66. The van der Waals surface area contributed by atoms with Crippen molar-refractivity contribution >= 4 is 21.8 Å². The standard InChI is InChI=1S/C12H14BrNO/c1-3-4-12(15)14-9(2)10-5-7-11(13)8-6-10/h3,5-9H,1,4H2,2H3,(H,14,15). The Morgan fingerprint density at radius 1 is 1.53 bits per heavy atom. The van der Waals surface area contributed by atoms with Crippen LogP contribution in [0.5, 0.6) is 0 Å². The predicted molar refractivity (Wildman–Crippen MR) is 65.5 cm³/mol. The van der Waals surface area contributed by atoms with Gasteiger partial charge in [-0.05, 0) is 24.6 Å². The summed E-state index contributed by atoms with van der Waals surface area (Å²) in [6, 6.07) is 7.94. The summed E-state index contributed by atoms with van der Waals surface area (Å²) in [4.78, 5) is 11.3. The summed E-state index contributed by atoms with van der Waals surface area (Å²) in [5, 5.41) is 2.89. The molecule has 0 spiro atoms. The summed E-state index contributed by atoms with van der Waals surface area (Å²) in [5.74, 6) is 0.000388. The zero-order valence-corrected chi connectivity index (χ0v) is 10.3. The molecule has 0 aliphatic rings. The number of carbonyl (C=O) groups is 1. The Bertz CT molecular complexity index is 345. The Kier molecular flexibility index (Phi) is 4.56. The molecule has 2 nitrogen and oxygen atoms in total. The summed E-state index contributed by atoms with van der Waals surface area (Å²) in [6.45, 7) is 5.49. The maximum absolute atomic E-state index is 11.3. The molecule has 0 saturated carbocycles. The van der Waals surface area contributed by atoms with E-state index in [9.17, 15) is 4.79 Å². The van der Waals surface area contributed by atoms with Crippen molar-refractivity contribution < 1.29 is 4.79 Å². The van der Waals surface area contributed by atoms with E-state index in [1.165, 1.54) is 0 Å². The zero-order chi connectivity index (χ0) is 11.3. The second kappa shape index (κ2) is 5.71. The van der Waals surface area contributed by atoms with Crippen molar-refractivity contribution in [2.24, 2.45) is 0 Å². The van der Waals surface area contributed by atoms with E-state index in [1.807, 2.05) is 31.2 Å². The summed E-state index contributed by atoms with van der Waals surface area (Å²) in [6.07, 6.45) is 1.96. The Balaban J connectivity index is 2.60. The van der Waals surface area contributed by atoms with Crippen molar-refractivity contribution in [3.05, 3.63) is 47.0 Å². The Morgan fingerprint density at radius 2 is 2.13 bits per heavy atom. The van der Waals surface area contributed by atoms with Crippen LogP contribution in [0.4, 0.5) is 0 Å². The normalized spacial score (nSPS) is 11.9. The number of carbonyl (C=O) groups excluding carboxylic acids is 1. The summed E-state index contributed by atoms with van der Waals surface area (Å²) in [7, 11) is 0. The molecule has 1 aromatic rings. The molecule has 0 radical (unpaired) electrons. The number of nitrogens with one attached hydrogen (secondary N) is 1. The Hall–Kier alpha value is -1.09. The number of halogens is 1. The van der Waals surface area contributed by atoms with Crippen molar-refractivity contribution in [1.29, 1.82) is 0 Å². The third-order valence-electron chi connectivity index (χ3n) is 2.08. The minimum Gasteiger partial charge on any atom is -0.349 e. The third kappa shape index (κ3) is 3.88. The van der Waals surface area contributed by atoms with Crippen LogP contribution in [-0.4, -0.2) is 5.91 Å². The monoisotopic (exact) mass is 267 g/mol. The van der Waals surface area contributed by atoms with Gasteiger partial charge in [0.25, 0.3) is 0 Å². The smallest absolute Gasteiger partial charge is 0.224 e. The predicted octanol–water partition coefficient (Wildman–Crippen LogP) is 3.20. The molecule has 15 heavy (non-hydrogen) atoms. The highest BCUT2D eigenvalue weighted by Gasteiger charge is 2.07. The van der Waals surface area contributed by atoms with Crippen LogP contribution in [0.1, 0.15) is 24.9 Å². The highest BCUT2D eigenvalue weighted by molar-refractivity contribution is 9.10. The van der Waals surface area contributed by atoms with Gasteiger partial charge in [-0.3, -0.25) is 4.79 Å². The molecule has 3 heteroatoms. The van der Waals surface area contributed by atoms with Crippen molar-refractivity contribution in [2.45, 2.75) is 19.4 Å². The summed E-state index contributed by atoms with van der Waals surface area (Å²) in [5.41, 5.74) is 1.09. The molecule has 1 amide bonds. The maximum Gasteiger partial charge on any atom is 0.224 e. The van der Waals surface area contributed by atoms with Crippen LogP contribution in [-0.2, 0) is 4.79 Å². The molecule has 0 aliphatic carbocycles. The summed E-state index contributed by atoms with van der Waals surface area (Å²) >= 11 is 3.37. The Labute approximate surface area is 98.5 Å². The quantitative estimate of drug-likeness (QED) is 0.835. The van der Waals surface area contributed by atoms with Gasteiger partial charge >= 0.3 is 0 Å². The molecule has 0 heterocycles. The van der Waals surface area contributed by atoms with Crippen molar-refractivity contribution in [3.8, 4) is 0 Å². The SMILES string of the molecule is C=CCC(=O)NC(C)c1ccc(Br)cc1. The van der Waals surface area contributed by atoms with E-state index >= 15 is 0 Å². The molecule has 1 rings (SSSR count). The van der Waals surface area contributed by atoms with Gasteiger partial charge in [0.1, 0.15) is 0 Å². The highest BCUT2D eigenvalue weighted by atomic mass is 79.9. The lowest BCUT2D eigenvalue weighted by molar-refractivity contribution is -0.120. The first kappa shape index (κ1) is 12.0. The van der Waals surface area contributed by atoms with Gasteiger partial charge in [0.2, 0.25) is 5.91 Å². The van der Waals surface area contributed by atoms with Gasteiger partial charge in [0, 0.05) is 10.9 Å². The highest BCUT2D eigenvalue weighted by Crippen LogP contribution is 2.16. The molecule has 0 aromatic heterocycles. The first-order valence-electron chi connectivity index (χ1n) is 4.79. The summed E-state index contributed by atoms with van der Waals surface area (Å²) < 4.78 is 1.04. The molecule has 0 fully saturated rings. The molecule has 0 saturated heterocycles. The van der Waals surface area contributed by atoms with Crippen LogP contribution in [0.25, 0.3) is 0 Å². The minimum atomic E-state index is 0.000388. The Morgan fingerprint density at radius 3 is 2.67 bits per heavy atom. The van der Waals surface area contributed by atoms with E-state index in [4.69, 9.17) is 0 Å². The van der Waals surface area contributed by atoms with Crippen LogP contribution in [0.2, 0.25) is 0 Å². The van der Waals surface area contributed by atoms with Crippen LogP contribution in [0.3, 0.4) is 0 Å². The van der Waals surface area contributed by atoms with E-state index in [0.717, 1.165) is 10.0 Å². The number of rotatable bonds is 4. The van der Waals surface area contributed by atoms with E-state index in [0.29, 0.717) is 6.42 Å². The molecule has 80 valence electrons. The van der Waals surface area contributed by atoms with E-state index in [1.54, 1.807) is 6.08 Å². The van der Waals surface area contributed by atoms with Crippen LogP contribution in [0, 0.1) is 0 Å². The molecule has 1 unspecified atom stereocenters. The fourth-order valence-electron chi connectivity index (χ4n) is 1.27. The van der Waals surface area contributed by atoms with Crippen LogP contribution < -0.4 is 5.32 Å². The molecular weight excluding hydrogens is 254 g/mol. The molecule has 1 atom stereocenters. The van der Waals surface area contributed by atoms with E-state index in [2.05, 4.69) is 27.8 Å². The van der Waals surface area contributed by atoms with Crippen molar-refractivity contribution in [1.82, 2.24) is 5.32 Å².